The fourth-order valence-electron chi connectivity index (χ4n) is 4.52. The molecule has 0 saturated carbocycles. The van der Waals surface area contributed by atoms with E-state index in [1.54, 1.807) is 11.8 Å². The molecule has 2 saturated heterocycles. The Labute approximate surface area is 181 Å². The van der Waals surface area contributed by atoms with E-state index < -0.39 is 36.3 Å². The Balaban J connectivity index is 1.75. The van der Waals surface area contributed by atoms with Gasteiger partial charge in [-0.1, -0.05) is 60.7 Å². The van der Waals surface area contributed by atoms with E-state index in [0.29, 0.717) is 6.61 Å². The van der Waals surface area contributed by atoms with E-state index in [2.05, 4.69) is 0 Å². The fraction of sp³-hybridized carbons (Fsp3) is 0.417. The summed E-state index contributed by atoms with van der Waals surface area (Å²) in [5, 5.41) is 0. The van der Waals surface area contributed by atoms with Crippen molar-refractivity contribution in [2.45, 2.75) is 57.5 Å². The maximum Gasteiger partial charge on any atom is 0.411 e. The van der Waals surface area contributed by atoms with Crippen molar-refractivity contribution in [2.24, 2.45) is 0 Å². The molecule has 2 heterocycles. The second-order valence-electron chi connectivity index (χ2n) is 7.84. The van der Waals surface area contributed by atoms with Crippen LogP contribution in [0, 0.1) is 0 Å². The van der Waals surface area contributed by atoms with Crippen molar-refractivity contribution in [3.8, 4) is 0 Å². The van der Waals surface area contributed by atoms with Crippen molar-refractivity contribution in [1.29, 1.82) is 0 Å². The number of ether oxygens (including phenoxy) is 4. The molecular weight excluding hydrogens is 398 g/mol. The average molecular weight is 425 g/mol. The predicted molar refractivity (Wildman–Crippen MR) is 112 cm³/mol. The van der Waals surface area contributed by atoms with Crippen molar-refractivity contribution in [1.82, 2.24) is 4.90 Å². The van der Waals surface area contributed by atoms with Crippen molar-refractivity contribution in [3.63, 3.8) is 0 Å². The molecule has 2 fully saturated rings. The number of carbonyl (C=O) groups is 2. The van der Waals surface area contributed by atoms with Crippen molar-refractivity contribution >= 4 is 12.1 Å². The molecule has 7 nitrogen and oxygen atoms in total. The van der Waals surface area contributed by atoms with Gasteiger partial charge in [0.25, 0.3) is 0 Å². The van der Waals surface area contributed by atoms with E-state index in [0.717, 1.165) is 11.1 Å². The van der Waals surface area contributed by atoms with E-state index in [1.807, 2.05) is 67.6 Å². The minimum Gasteiger partial charge on any atom is -0.439 e. The third-order valence-electron chi connectivity index (χ3n) is 5.74. The molecule has 2 aliphatic rings. The first kappa shape index (κ1) is 21.3. The van der Waals surface area contributed by atoms with Crippen LogP contribution in [0.15, 0.2) is 60.7 Å². The SMILES string of the molecule is CCO[C@]1(C)O[C@@H](OC(C)=O)C[C@H]1N1C(=O)O[C@@H](c2ccccc2)[C@H]1c1ccccc1. The first-order valence-corrected chi connectivity index (χ1v) is 10.5. The molecule has 5 atom stereocenters. The number of benzene rings is 2. The van der Waals surface area contributed by atoms with Gasteiger partial charge in [0.15, 0.2) is 11.9 Å². The molecule has 0 aromatic heterocycles. The van der Waals surface area contributed by atoms with Crippen molar-refractivity contribution in [3.05, 3.63) is 71.8 Å². The highest BCUT2D eigenvalue weighted by molar-refractivity contribution is 5.72. The lowest BCUT2D eigenvalue weighted by Gasteiger charge is -2.37. The summed E-state index contributed by atoms with van der Waals surface area (Å²) in [7, 11) is 0. The number of rotatable bonds is 6. The standard InChI is InChI=1S/C24H27NO6/c1-4-28-24(3)19(15-20(31-24)29-16(2)26)25-21(17-11-7-5-8-12-17)22(30-23(25)27)18-13-9-6-10-14-18/h5-14,19-22H,4,15H2,1-3H3/t19-,20-,21-,22+,24-/m1/s1. The van der Waals surface area contributed by atoms with E-state index >= 15 is 0 Å². The Morgan fingerprint density at radius 3 is 2.29 bits per heavy atom. The van der Waals surface area contributed by atoms with Gasteiger partial charge in [0.1, 0.15) is 6.04 Å². The Morgan fingerprint density at radius 1 is 1.10 bits per heavy atom. The predicted octanol–water partition coefficient (Wildman–Crippen LogP) is 4.35. The molecule has 4 rings (SSSR count). The number of amides is 1. The van der Waals surface area contributed by atoms with Crippen LogP contribution in [0.4, 0.5) is 4.79 Å². The van der Waals surface area contributed by atoms with Crippen LogP contribution in [0.2, 0.25) is 0 Å². The highest BCUT2D eigenvalue weighted by atomic mass is 16.8. The zero-order valence-corrected chi connectivity index (χ0v) is 17.9. The third-order valence-corrected chi connectivity index (χ3v) is 5.74. The van der Waals surface area contributed by atoms with Gasteiger partial charge < -0.3 is 18.9 Å². The zero-order valence-electron chi connectivity index (χ0n) is 17.9. The second kappa shape index (κ2) is 8.69. The van der Waals surface area contributed by atoms with Crippen molar-refractivity contribution < 1.29 is 28.5 Å². The Kier molecular flexibility index (Phi) is 5.98. The molecule has 2 aromatic carbocycles. The molecule has 0 bridgehead atoms. The molecule has 0 N–H and O–H groups in total. The van der Waals surface area contributed by atoms with E-state index in [4.69, 9.17) is 18.9 Å². The second-order valence-corrected chi connectivity index (χ2v) is 7.84. The van der Waals surface area contributed by atoms with Crippen LogP contribution in [-0.2, 0) is 23.7 Å². The molecule has 1 amide bonds. The minimum absolute atomic E-state index is 0.288. The van der Waals surface area contributed by atoms with Crippen LogP contribution in [0.1, 0.15) is 50.5 Å². The van der Waals surface area contributed by atoms with Gasteiger partial charge in [0.05, 0.1) is 6.04 Å². The summed E-state index contributed by atoms with van der Waals surface area (Å²) in [4.78, 5) is 26.5. The molecule has 0 aliphatic carbocycles. The summed E-state index contributed by atoms with van der Waals surface area (Å²) < 4.78 is 23.1. The minimum atomic E-state index is -1.15. The molecule has 0 radical (unpaired) electrons. The van der Waals surface area contributed by atoms with E-state index in [9.17, 15) is 9.59 Å². The first-order chi connectivity index (χ1) is 14.9. The summed E-state index contributed by atoms with van der Waals surface area (Å²) in [5.41, 5.74) is 1.85. The molecule has 2 aromatic rings. The Morgan fingerprint density at radius 2 is 1.71 bits per heavy atom. The van der Waals surface area contributed by atoms with E-state index in [-0.39, 0.29) is 12.5 Å². The van der Waals surface area contributed by atoms with Gasteiger partial charge in [0.2, 0.25) is 6.29 Å². The highest BCUT2D eigenvalue weighted by Gasteiger charge is 2.57. The van der Waals surface area contributed by atoms with Crippen LogP contribution >= 0.6 is 0 Å². The number of esters is 1. The van der Waals surface area contributed by atoms with E-state index in [1.165, 1.54) is 6.92 Å². The monoisotopic (exact) mass is 425 g/mol. The van der Waals surface area contributed by atoms with Gasteiger partial charge in [-0.2, -0.15) is 0 Å². The molecule has 164 valence electrons. The Hall–Kier alpha value is -2.90. The van der Waals surface area contributed by atoms with Gasteiger partial charge in [-0.25, -0.2) is 4.79 Å². The summed E-state index contributed by atoms with van der Waals surface area (Å²) in [6, 6.07) is 18.5. The van der Waals surface area contributed by atoms with Crippen LogP contribution in [0.3, 0.4) is 0 Å². The van der Waals surface area contributed by atoms with Gasteiger partial charge in [-0.05, 0) is 25.0 Å². The van der Waals surface area contributed by atoms with Gasteiger partial charge in [-0.15, -0.1) is 0 Å². The molecule has 2 aliphatic heterocycles. The fourth-order valence-corrected chi connectivity index (χ4v) is 4.52. The van der Waals surface area contributed by atoms with Crippen LogP contribution in [0.25, 0.3) is 0 Å². The normalized spacial score (nSPS) is 30.3. The maximum atomic E-state index is 13.2. The lowest BCUT2D eigenvalue weighted by Crippen LogP contribution is -2.51. The van der Waals surface area contributed by atoms with Gasteiger partial charge in [0, 0.05) is 20.0 Å². The lowest BCUT2D eigenvalue weighted by molar-refractivity contribution is -0.266. The topological polar surface area (TPSA) is 74.3 Å². The highest BCUT2D eigenvalue weighted by Crippen LogP contribution is 2.49. The van der Waals surface area contributed by atoms with Crippen LogP contribution < -0.4 is 0 Å². The largest absolute Gasteiger partial charge is 0.439 e. The van der Waals surface area contributed by atoms with Crippen LogP contribution in [0.5, 0.6) is 0 Å². The molecular formula is C24H27NO6. The molecule has 7 heteroatoms. The molecule has 0 unspecified atom stereocenters. The van der Waals surface area contributed by atoms with Crippen LogP contribution in [-0.4, -0.2) is 41.7 Å². The third kappa shape index (κ3) is 4.16. The van der Waals surface area contributed by atoms with Gasteiger partial charge in [-0.3, -0.25) is 9.69 Å². The summed E-state index contributed by atoms with van der Waals surface area (Å²) in [5.74, 6) is -1.60. The number of hydrogen-bond donors (Lipinski definition) is 0. The summed E-state index contributed by atoms with van der Waals surface area (Å²) >= 11 is 0. The Bertz CT molecular complexity index is 920. The van der Waals surface area contributed by atoms with Crippen molar-refractivity contribution in [2.75, 3.05) is 6.61 Å². The number of cyclic esters (lactones) is 1. The molecule has 31 heavy (non-hydrogen) atoms. The number of carbonyl (C=O) groups excluding carboxylic acids is 2. The zero-order chi connectivity index (χ0) is 22.0. The molecule has 0 spiro atoms. The number of nitrogens with zero attached hydrogens (tertiary/aromatic N) is 1. The number of hydrogen-bond acceptors (Lipinski definition) is 6. The summed E-state index contributed by atoms with van der Waals surface area (Å²) in [6.45, 7) is 5.34. The lowest BCUT2D eigenvalue weighted by atomic mass is 9.93. The summed E-state index contributed by atoms with van der Waals surface area (Å²) in [6.07, 6.45) is -1.46. The quantitative estimate of drug-likeness (QED) is 0.641. The van der Waals surface area contributed by atoms with Gasteiger partial charge >= 0.3 is 12.1 Å². The maximum absolute atomic E-state index is 13.2. The average Bonchev–Trinajstić information content (AvgIpc) is 3.25. The first-order valence-electron chi connectivity index (χ1n) is 10.5. The smallest absolute Gasteiger partial charge is 0.411 e.